The van der Waals surface area contributed by atoms with Gasteiger partial charge in [0.2, 0.25) is 0 Å². The number of hydrogen-bond donors (Lipinski definition) is 3. The Balaban J connectivity index is 1.64. The van der Waals surface area contributed by atoms with Gasteiger partial charge in [-0.05, 0) is 11.6 Å². The molecule has 1 fully saturated rings. The summed E-state index contributed by atoms with van der Waals surface area (Å²) in [5.41, 5.74) is 0.347. The number of amides is 3. The topological polar surface area (TPSA) is 83.1 Å². The van der Waals surface area contributed by atoms with Crippen molar-refractivity contribution in [3.63, 3.8) is 0 Å². The molecule has 0 radical (unpaired) electrons. The third-order valence-corrected chi connectivity index (χ3v) is 4.16. The van der Waals surface area contributed by atoms with Gasteiger partial charge < -0.3 is 16.0 Å². The van der Waals surface area contributed by atoms with Gasteiger partial charge in [0, 0.05) is 30.1 Å². The second-order valence-corrected chi connectivity index (χ2v) is 6.06. The molecule has 0 spiro atoms. The Labute approximate surface area is 133 Å². The maximum absolute atomic E-state index is 13.6. The first-order chi connectivity index (χ1) is 11.0. The Kier molecular flexibility index (Phi) is 4.20. The molecule has 0 unspecified atom stereocenters. The molecule has 1 saturated heterocycles. The van der Waals surface area contributed by atoms with E-state index in [1.165, 1.54) is 29.7 Å². The lowest BCUT2D eigenvalue weighted by molar-refractivity contribution is -0.117. The van der Waals surface area contributed by atoms with E-state index in [0.717, 1.165) is 10.9 Å². The highest BCUT2D eigenvalue weighted by Crippen LogP contribution is 2.23. The molecule has 1 aromatic carbocycles. The number of aromatic nitrogens is 1. The van der Waals surface area contributed by atoms with E-state index in [1.54, 1.807) is 0 Å². The smallest absolute Gasteiger partial charge is 0.315 e. The van der Waals surface area contributed by atoms with Gasteiger partial charge in [-0.15, -0.1) is 11.3 Å². The third kappa shape index (κ3) is 3.62. The van der Waals surface area contributed by atoms with Crippen LogP contribution in [0.2, 0.25) is 0 Å². The number of benzene rings is 1. The van der Waals surface area contributed by atoms with E-state index in [1.807, 2.05) is 0 Å². The van der Waals surface area contributed by atoms with Crippen LogP contribution in [0.3, 0.4) is 0 Å². The van der Waals surface area contributed by atoms with Gasteiger partial charge >= 0.3 is 6.03 Å². The lowest BCUT2D eigenvalue weighted by Gasteiger charge is -2.06. The van der Waals surface area contributed by atoms with Crippen molar-refractivity contribution in [1.82, 2.24) is 15.6 Å². The predicted octanol–water partition coefficient (Wildman–Crippen LogP) is 1.63. The monoisotopic (exact) mass is 338 g/mol. The van der Waals surface area contributed by atoms with E-state index in [-0.39, 0.29) is 18.9 Å². The van der Waals surface area contributed by atoms with Crippen molar-refractivity contribution < 1.29 is 18.4 Å². The average molecular weight is 338 g/mol. The van der Waals surface area contributed by atoms with Crippen molar-refractivity contribution in [3.05, 3.63) is 46.5 Å². The maximum Gasteiger partial charge on any atom is 0.315 e. The highest BCUT2D eigenvalue weighted by molar-refractivity contribution is 7.15. The molecule has 3 amide bonds. The minimum absolute atomic E-state index is 0.212. The van der Waals surface area contributed by atoms with Gasteiger partial charge in [0.15, 0.2) is 5.13 Å². The molecule has 9 heteroatoms. The summed E-state index contributed by atoms with van der Waals surface area (Å²) < 4.78 is 26.5. The zero-order valence-electron chi connectivity index (χ0n) is 11.7. The second-order valence-electron chi connectivity index (χ2n) is 4.94. The van der Waals surface area contributed by atoms with Crippen LogP contribution >= 0.6 is 11.3 Å². The first-order valence-electron chi connectivity index (χ1n) is 6.75. The maximum atomic E-state index is 13.6. The van der Waals surface area contributed by atoms with Gasteiger partial charge in [-0.2, -0.15) is 0 Å². The van der Waals surface area contributed by atoms with Crippen LogP contribution in [0, 0.1) is 11.6 Å². The molecule has 6 nitrogen and oxygen atoms in total. The van der Waals surface area contributed by atoms with Crippen molar-refractivity contribution >= 4 is 28.4 Å². The predicted molar refractivity (Wildman–Crippen MR) is 80.2 cm³/mol. The minimum atomic E-state index is -0.649. The summed E-state index contributed by atoms with van der Waals surface area (Å²) in [6.45, 7) is 0.212. The van der Waals surface area contributed by atoms with Crippen molar-refractivity contribution in [2.45, 2.75) is 12.5 Å². The van der Waals surface area contributed by atoms with Crippen LogP contribution in [0.1, 0.15) is 10.4 Å². The molecule has 1 aliphatic rings. The van der Waals surface area contributed by atoms with Crippen LogP contribution in [-0.2, 0) is 11.2 Å². The number of halogens is 2. The highest BCUT2D eigenvalue weighted by Gasteiger charge is 2.27. The summed E-state index contributed by atoms with van der Waals surface area (Å²) >= 11 is 1.19. The Morgan fingerprint density at radius 3 is 2.96 bits per heavy atom. The highest BCUT2D eigenvalue weighted by atomic mass is 32.1. The van der Waals surface area contributed by atoms with Crippen molar-refractivity contribution in [3.8, 4) is 0 Å². The van der Waals surface area contributed by atoms with Crippen LogP contribution < -0.4 is 16.0 Å². The van der Waals surface area contributed by atoms with Crippen LogP contribution in [-0.4, -0.2) is 29.5 Å². The van der Waals surface area contributed by atoms with Crippen LogP contribution in [0.4, 0.5) is 18.7 Å². The standard InChI is InChI=1S/C14H12F2N4O2S/c15-8-2-1-7(10(16)4-8)3-9-5-18-14(23-9)20-12(21)11-6-17-13(22)19-11/h1-2,4-5,11H,3,6H2,(H2,17,19,22)(H,18,20,21)/t11-/m1/s1. The number of urea groups is 1. The van der Waals surface area contributed by atoms with E-state index in [2.05, 4.69) is 20.9 Å². The Hall–Kier alpha value is -2.55. The van der Waals surface area contributed by atoms with E-state index in [9.17, 15) is 18.4 Å². The van der Waals surface area contributed by atoms with Gasteiger partial charge in [0.1, 0.15) is 17.7 Å². The number of anilines is 1. The molecular formula is C14H12F2N4O2S. The van der Waals surface area contributed by atoms with Crippen molar-refractivity contribution in [2.24, 2.45) is 0 Å². The molecule has 3 N–H and O–H groups in total. The Morgan fingerprint density at radius 1 is 1.43 bits per heavy atom. The van der Waals surface area contributed by atoms with Crippen molar-refractivity contribution in [2.75, 3.05) is 11.9 Å². The van der Waals surface area contributed by atoms with E-state index < -0.39 is 23.7 Å². The molecule has 1 aromatic heterocycles. The fourth-order valence-corrected chi connectivity index (χ4v) is 2.94. The summed E-state index contributed by atoms with van der Waals surface area (Å²) in [6, 6.07) is 2.36. The molecule has 3 rings (SSSR count). The number of rotatable bonds is 4. The third-order valence-electron chi connectivity index (χ3n) is 3.25. The summed E-state index contributed by atoms with van der Waals surface area (Å²) in [5.74, 6) is -1.63. The SMILES string of the molecule is O=C1NC[C@H](C(=O)Nc2ncc(Cc3ccc(F)cc3F)s2)N1. The van der Waals surface area contributed by atoms with Crippen LogP contribution in [0.15, 0.2) is 24.4 Å². The summed E-state index contributed by atoms with van der Waals surface area (Å²) in [4.78, 5) is 27.7. The lowest BCUT2D eigenvalue weighted by Crippen LogP contribution is -2.38. The molecule has 2 heterocycles. The van der Waals surface area contributed by atoms with E-state index in [0.29, 0.717) is 10.7 Å². The average Bonchev–Trinajstić information content (AvgIpc) is 3.11. The molecule has 0 saturated carbocycles. The number of thiazole rings is 1. The summed E-state index contributed by atoms with van der Waals surface area (Å²) in [6.07, 6.45) is 1.77. The number of nitrogens with one attached hydrogen (secondary N) is 3. The van der Waals surface area contributed by atoms with Gasteiger partial charge in [-0.1, -0.05) is 6.07 Å². The zero-order chi connectivity index (χ0) is 16.4. The van der Waals surface area contributed by atoms with Crippen LogP contribution in [0.5, 0.6) is 0 Å². The largest absolute Gasteiger partial charge is 0.336 e. The lowest BCUT2D eigenvalue weighted by atomic mass is 10.1. The second kappa shape index (κ2) is 6.29. The Morgan fingerprint density at radius 2 is 2.26 bits per heavy atom. The molecule has 0 bridgehead atoms. The van der Waals surface area contributed by atoms with E-state index >= 15 is 0 Å². The van der Waals surface area contributed by atoms with Gasteiger partial charge in [0.05, 0.1) is 0 Å². The number of hydrogen-bond acceptors (Lipinski definition) is 4. The van der Waals surface area contributed by atoms with Gasteiger partial charge in [-0.3, -0.25) is 4.79 Å². The van der Waals surface area contributed by atoms with Crippen LogP contribution in [0.25, 0.3) is 0 Å². The fourth-order valence-electron chi connectivity index (χ4n) is 2.11. The molecule has 23 heavy (non-hydrogen) atoms. The molecule has 1 aliphatic heterocycles. The molecule has 120 valence electrons. The summed E-state index contributed by atoms with van der Waals surface area (Å²) in [7, 11) is 0. The van der Waals surface area contributed by atoms with E-state index in [4.69, 9.17) is 0 Å². The molecule has 2 aromatic rings. The number of nitrogens with zero attached hydrogens (tertiary/aromatic N) is 1. The molecular weight excluding hydrogens is 326 g/mol. The number of carbonyl (C=O) groups excluding carboxylic acids is 2. The first-order valence-corrected chi connectivity index (χ1v) is 7.57. The zero-order valence-corrected chi connectivity index (χ0v) is 12.5. The normalized spacial score (nSPS) is 16.8. The minimum Gasteiger partial charge on any atom is -0.336 e. The first kappa shape index (κ1) is 15.3. The Bertz CT molecular complexity index is 765. The fraction of sp³-hybridized carbons (Fsp3) is 0.214. The molecule has 1 atom stereocenters. The van der Waals surface area contributed by atoms with Gasteiger partial charge in [0.25, 0.3) is 5.91 Å². The van der Waals surface area contributed by atoms with Crippen molar-refractivity contribution in [1.29, 1.82) is 0 Å². The summed E-state index contributed by atoms with van der Waals surface area (Å²) in [5, 5.41) is 7.90. The number of carbonyl (C=O) groups is 2. The molecule has 0 aliphatic carbocycles. The quantitative estimate of drug-likeness (QED) is 0.792. The van der Waals surface area contributed by atoms with Gasteiger partial charge in [-0.25, -0.2) is 18.6 Å².